The largest absolute Gasteiger partial charge is 0.334 e. The van der Waals surface area contributed by atoms with Crippen molar-refractivity contribution in [2.75, 3.05) is 5.32 Å². The molecule has 0 saturated heterocycles. The van der Waals surface area contributed by atoms with Crippen molar-refractivity contribution in [1.29, 1.82) is 0 Å². The van der Waals surface area contributed by atoms with Crippen LogP contribution in [-0.4, -0.2) is 25.2 Å². The van der Waals surface area contributed by atoms with E-state index in [1.165, 1.54) is 4.57 Å². The summed E-state index contributed by atoms with van der Waals surface area (Å²) in [6.07, 6.45) is 0. The predicted octanol–water partition coefficient (Wildman–Crippen LogP) is 3.94. The standard InChI is InChI=1S/C23H25N5O3/c1-5-27-17-11-6-7-12-18(17)28(23(27)30)13-19(29)24-20-15(4)9-8-10-16(20)22-25-21(14(2)3)26-31-22/h6-12,14H,5,13H2,1-4H3,(H,24,29). The molecule has 1 N–H and O–H groups in total. The molecule has 0 radical (unpaired) electrons. The maximum Gasteiger partial charge on any atom is 0.329 e. The van der Waals surface area contributed by atoms with E-state index in [0.717, 1.165) is 16.6 Å². The minimum Gasteiger partial charge on any atom is -0.334 e. The SMILES string of the molecule is CCn1c(=O)n(CC(=O)Nc2c(C)cccc2-c2nc(C(C)C)no2)c2ccccc21. The number of fused-ring (bicyclic) bond motifs is 1. The normalized spacial score (nSPS) is 11.4. The fraction of sp³-hybridized carbons (Fsp3) is 0.304. The monoisotopic (exact) mass is 419 g/mol. The molecular formula is C23H25N5O3. The molecule has 2 aromatic carbocycles. The average Bonchev–Trinajstić information content (AvgIpc) is 3.34. The second-order valence-corrected chi connectivity index (χ2v) is 7.76. The Labute approximate surface area is 179 Å². The lowest BCUT2D eigenvalue weighted by Gasteiger charge is -2.12. The van der Waals surface area contributed by atoms with E-state index in [2.05, 4.69) is 15.5 Å². The maximum absolute atomic E-state index is 13.0. The van der Waals surface area contributed by atoms with Crippen LogP contribution in [0.1, 0.15) is 38.1 Å². The summed E-state index contributed by atoms with van der Waals surface area (Å²) < 4.78 is 8.59. The van der Waals surface area contributed by atoms with Crippen molar-refractivity contribution in [1.82, 2.24) is 19.3 Å². The molecule has 0 spiro atoms. The molecule has 0 fully saturated rings. The van der Waals surface area contributed by atoms with Gasteiger partial charge >= 0.3 is 5.69 Å². The molecule has 0 unspecified atom stereocenters. The van der Waals surface area contributed by atoms with Gasteiger partial charge in [0.25, 0.3) is 5.89 Å². The molecule has 0 aliphatic heterocycles. The molecule has 0 bridgehead atoms. The molecule has 0 aliphatic carbocycles. The summed E-state index contributed by atoms with van der Waals surface area (Å²) in [5.41, 5.74) is 3.44. The van der Waals surface area contributed by atoms with Crippen molar-refractivity contribution in [2.45, 2.75) is 46.7 Å². The van der Waals surface area contributed by atoms with Gasteiger partial charge in [-0.3, -0.25) is 13.9 Å². The highest BCUT2D eigenvalue weighted by atomic mass is 16.5. The van der Waals surface area contributed by atoms with Gasteiger partial charge in [0.05, 0.1) is 22.3 Å². The lowest BCUT2D eigenvalue weighted by atomic mass is 10.1. The molecule has 4 rings (SSSR count). The van der Waals surface area contributed by atoms with Crippen LogP contribution in [0.4, 0.5) is 5.69 Å². The molecule has 2 heterocycles. The van der Waals surface area contributed by atoms with E-state index >= 15 is 0 Å². The third-order valence-electron chi connectivity index (χ3n) is 5.27. The predicted molar refractivity (Wildman–Crippen MR) is 119 cm³/mol. The number of anilines is 1. The fourth-order valence-electron chi connectivity index (χ4n) is 3.64. The van der Waals surface area contributed by atoms with E-state index < -0.39 is 0 Å². The molecule has 8 nitrogen and oxygen atoms in total. The number of nitrogens with zero attached hydrogens (tertiary/aromatic N) is 4. The van der Waals surface area contributed by atoms with Crippen LogP contribution in [-0.2, 0) is 17.9 Å². The molecule has 0 saturated carbocycles. The van der Waals surface area contributed by atoms with Gasteiger partial charge < -0.3 is 9.84 Å². The Balaban J connectivity index is 1.67. The zero-order valence-corrected chi connectivity index (χ0v) is 18.0. The summed E-state index contributed by atoms with van der Waals surface area (Å²) in [6.45, 7) is 8.21. The number of carbonyl (C=O) groups excluding carboxylic acids is 1. The molecule has 31 heavy (non-hydrogen) atoms. The number of hydrogen-bond acceptors (Lipinski definition) is 5. The van der Waals surface area contributed by atoms with Crippen LogP contribution in [0.25, 0.3) is 22.5 Å². The summed E-state index contributed by atoms with van der Waals surface area (Å²) in [5.74, 6) is 0.776. The van der Waals surface area contributed by atoms with Crippen LogP contribution >= 0.6 is 0 Å². The number of imidazole rings is 1. The molecule has 8 heteroatoms. The van der Waals surface area contributed by atoms with Crippen molar-refractivity contribution in [3.8, 4) is 11.5 Å². The smallest absolute Gasteiger partial charge is 0.329 e. The summed E-state index contributed by atoms with van der Waals surface area (Å²) in [7, 11) is 0. The van der Waals surface area contributed by atoms with E-state index in [-0.39, 0.29) is 24.1 Å². The molecule has 0 aliphatic rings. The lowest BCUT2D eigenvalue weighted by molar-refractivity contribution is -0.116. The van der Waals surface area contributed by atoms with Crippen LogP contribution in [0.3, 0.4) is 0 Å². The summed E-state index contributed by atoms with van der Waals surface area (Å²) in [5, 5.41) is 6.97. The van der Waals surface area contributed by atoms with Crippen molar-refractivity contribution in [3.05, 3.63) is 64.3 Å². The number of nitrogens with one attached hydrogen (secondary N) is 1. The Kier molecular flexibility index (Phi) is 5.46. The number of aryl methyl sites for hydroxylation is 2. The Morgan fingerprint density at radius 1 is 1.10 bits per heavy atom. The Hall–Kier alpha value is -3.68. The van der Waals surface area contributed by atoms with Crippen molar-refractivity contribution < 1.29 is 9.32 Å². The molecule has 2 aromatic heterocycles. The first-order valence-electron chi connectivity index (χ1n) is 10.3. The van der Waals surface area contributed by atoms with Crippen LogP contribution in [0.15, 0.2) is 51.8 Å². The van der Waals surface area contributed by atoms with Gasteiger partial charge in [0.2, 0.25) is 5.91 Å². The lowest BCUT2D eigenvalue weighted by Crippen LogP contribution is -2.29. The first-order chi connectivity index (χ1) is 14.9. The third kappa shape index (κ3) is 3.76. The van der Waals surface area contributed by atoms with E-state index in [9.17, 15) is 9.59 Å². The Bertz CT molecular complexity index is 1310. The van der Waals surface area contributed by atoms with E-state index in [1.54, 1.807) is 4.57 Å². The van der Waals surface area contributed by atoms with Crippen LogP contribution in [0.5, 0.6) is 0 Å². The van der Waals surface area contributed by atoms with E-state index in [1.807, 2.05) is 70.2 Å². The Morgan fingerprint density at radius 2 is 1.81 bits per heavy atom. The van der Waals surface area contributed by atoms with Gasteiger partial charge in [-0.2, -0.15) is 4.98 Å². The van der Waals surface area contributed by atoms with Gasteiger partial charge in [0.15, 0.2) is 5.82 Å². The molecule has 4 aromatic rings. The van der Waals surface area contributed by atoms with Crippen LogP contribution < -0.4 is 11.0 Å². The summed E-state index contributed by atoms with van der Waals surface area (Å²) in [4.78, 5) is 30.3. The number of hydrogen-bond donors (Lipinski definition) is 1. The first kappa shape index (κ1) is 20.6. The minimum atomic E-state index is -0.305. The van der Waals surface area contributed by atoms with E-state index in [4.69, 9.17) is 4.52 Å². The van der Waals surface area contributed by atoms with Crippen molar-refractivity contribution in [3.63, 3.8) is 0 Å². The second-order valence-electron chi connectivity index (χ2n) is 7.76. The van der Waals surface area contributed by atoms with Crippen molar-refractivity contribution >= 4 is 22.6 Å². The number of rotatable bonds is 6. The van der Waals surface area contributed by atoms with Gasteiger partial charge in [-0.25, -0.2) is 4.79 Å². The Morgan fingerprint density at radius 3 is 2.45 bits per heavy atom. The van der Waals surface area contributed by atoms with E-state index in [0.29, 0.717) is 29.5 Å². The zero-order valence-electron chi connectivity index (χ0n) is 18.0. The molecule has 0 atom stereocenters. The molecular weight excluding hydrogens is 394 g/mol. The van der Waals surface area contributed by atoms with Crippen molar-refractivity contribution in [2.24, 2.45) is 0 Å². The third-order valence-corrected chi connectivity index (χ3v) is 5.27. The highest BCUT2D eigenvalue weighted by Gasteiger charge is 2.19. The zero-order chi connectivity index (χ0) is 22.1. The molecule has 1 amide bonds. The van der Waals surface area contributed by atoms with Gasteiger partial charge in [-0.05, 0) is 37.6 Å². The van der Waals surface area contributed by atoms with Crippen LogP contribution in [0, 0.1) is 6.92 Å². The number of aromatic nitrogens is 4. The van der Waals surface area contributed by atoms with Gasteiger partial charge in [-0.15, -0.1) is 0 Å². The highest BCUT2D eigenvalue weighted by molar-refractivity contribution is 5.96. The topological polar surface area (TPSA) is 95.0 Å². The number of para-hydroxylation sites is 3. The quantitative estimate of drug-likeness (QED) is 0.511. The van der Waals surface area contributed by atoms with Crippen LogP contribution in [0.2, 0.25) is 0 Å². The van der Waals surface area contributed by atoms with Gasteiger partial charge in [0, 0.05) is 12.5 Å². The summed E-state index contributed by atoms with van der Waals surface area (Å²) in [6, 6.07) is 13.1. The average molecular weight is 419 g/mol. The maximum atomic E-state index is 13.0. The molecule has 160 valence electrons. The highest BCUT2D eigenvalue weighted by Crippen LogP contribution is 2.30. The van der Waals surface area contributed by atoms with Gasteiger partial charge in [0.1, 0.15) is 6.54 Å². The number of benzene rings is 2. The second kappa shape index (κ2) is 8.22. The number of carbonyl (C=O) groups is 1. The first-order valence-corrected chi connectivity index (χ1v) is 10.3. The fourth-order valence-corrected chi connectivity index (χ4v) is 3.64. The summed E-state index contributed by atoms with van der Waals surface area (Å²) >= 11 is 0. The minimum absolute atomic E-state index is 0.0960. The number of amides is 1. The van der Waals surface area contributed by atoms with Gasteiger partial charge in [-0.1, -0.05) is 43.3 Å².